The van der Waals surface area contributed by atoms with Crippen LogP contribution < -0.4 is 5.43 Å². The molecule has 3 aromatic rings. The van der Waals surface area contributed by atoms with Crippen molar-refractivity contribution in [2.75, 3.05) is 0 Å². The summed E-state index contributed by atoms with van der Waals surface area (Å²) in [7, 11) is 0. The van der Waals surface area contributed by atoms with E-state index in [4.69, 9.17) is 0 Å². The highest BCUT2D eigenvalue weighted by Gasteiger charge is 2.15. The van der Waals surface area contributed by atoms with Gasteiger partial charge in [-0.15, -0.1) is 0 Å². The molecule has 0 bridgehead atoms. The largest absolute Gasteiger partial charge is 0.507 e. The van der Waals surface area contributed by atoms with Crippen molar-refractivity contribution in [3.05, 3.63) is 77.4 Å². The predicted octanol–water partition coefficient (Wildman–Crippen LogP) is 5.75. The van der Waals surface area contributed by atoms with Gasteiger partial charge >= 0.3 is 0 Å². The molecule has 0 spiro atoms. The highest BCUT2D eigenvalue weighted by Crippen LogP contribution is 2.32. The minimum absolute atomic E-state index is 0.0501. The summed E-state index contributed by atoms with van der Waals surface area (Å²) >= 11 is 0. The molecule has 0 saturated heterocycles. The third-order valence-electron chi connectivity index (χ3n) is 5.84. The zero-order valence-electron chi connectivity index (χ0n) is 16.7. The Morgan fingerprint density at radius 3 is 2.31 bits per heavy atom. The van der Waals surface area contributed by atoms with Crippen LogP contribution in [0.1, 0.15) is 66.4 Å². The lowest BCUT2D eigenvalue weighted by atomic mass is 9.84. The number of hydrazone groups is 1. The summed E-state index contributed by atoms with van der Waals surface area (Å²) in [4.78, 5) is 12.5. The molecule has 1 fully saturated rings. The minimum Gasteiger partial charge on any atom is -0.507 e. The number of amides is 1. The van der Waals surface area contributed by atoms with E-state index >= 15 is 0 Å². The smallest absolute Gasteiger partial charge is 0.275 e. The zero-order valence-corrected chi connectivity index (χ0v) is 16.7. The van der Waals surface area contributed by atoms with Crippen molar-refractivity contribution in [3.63, 3.8) is 0 Å². The highest BCUT2D eigenvalue weighted by atomic mass is 16.3. The first-order valence-electron chi connectivity index (χ1n) is 10.3. The van der Waals surface area contributed by atoms with Gasteiger partial charge in [0.05, 0.1) is 11.3 Å². The SMILES string of the molecule is CC(=NNC(=O)c1cc2ccccc2cc1O)c1ccc(C2CCCCC2)cc1. The lowest BCUT2D eigenvalue weighted by molar-refractivity contribution is 0.0952. The summed E-state index contributed by atoms with van der Waals surface area (Å²) in [5.41, 5.74) is 5.89. The second kappa shape index (κ2) is 8.48. The molecular formula is C25H26N2O2. The van der Waals surface area contributed by atoms with Gasteiger partial charge in [-0.2, -0.15) is 5.10 Å². The Kier molecular flexibility index (Phi) is 5.61. The second-order valence-electron chi connectivity index (χ2n) is 7.81. The molecule has 29 heavy (non-hydrogen) atoms. The topological polar surface area (TPSA) is 61.7 Å². The van der Waals surface area contributed by atoms with Crippen molar-refractivity contribution in [2.45, 2.75) is 44.9 Å². The van der Waals surface area contributed by atoms with Crippen molar-refractivity contribution in [1.29, 1.82) is 0 Å². The summed E-state index contributed by atoms with van der Waals surface area (Å²) < 4.78 is 0. The molecule has 1 saturated carbocycles. The molecule has 4 heteroatoms. The van der Waals surface area contributed by atoms with Crippen LogP contribution in [0.3, 0.4) is 0 Å². The summed E-state index contributed by atoms with van der Waals surface area (Å²) in [6.07, 6.45) is 6.55. The molecule has 1 amide bonds. The zero-order chi connectivity index (χ0) is 20.2. The van der Waals surface area contributed by atoms with Crippen molar-refractivity contribution in [3.8, 4) is 5.75 Å². The van der Waals surface area contributed by atoms with Gasteiger partial charge in [-0.05, 0) is 59.7 Å². The monoisotopic (exact) mass is 386 g/mol. The third-order valence-corrected chi connectivity index (χ3v) is 5.84. The predicted molar refractivity (Wildman–Crippen MR) is 118 cm³/mol. The Labute approximate surface area is 171 Å². The molecule has 3 aromatic carbocycles. The average Bonchev–Trinajstić information content (AvgIpc) is 2.77. The molecular weight excluding hydrogens is 360 g/mol. The Hall–Kier alpha value is -3.14. The van der Waals surface area contributed by atoms with E-state index in [1.807, 2.05) is 31.2 Å². The van der Waals surface area contributed by atoms with E-state index in [2.05, 4.69) is 34.8 Å². The quantitative estimate of drug-likeness (QED) is 0.443. The number of hydrogen-bond donors (Lipinski definition) is 2. The molecule has 4 rings (SSSR count). The van der Waals surface area contributed by atoms with E-state index in [-0.39, 0.29) is 11.3 Å². The van der Waals surface area contributed by atoms with Gasteiger partial charge in [0.25, 0.3) is 5.91 Å². The molecule has 0 heterocycles. The molecule has 1 aliphatic carbocycles. The number of aromatic hydroxyl groups is 1. The Balaban J connectivity index is 1.47. The second-order valence-corrected chi connectivity index (χ2v) is 7.81. The van der Waals surface area contributed by atoms with E-state index in [1.165, 1.54) is 37.7 Å². The van der Waals surface area contributed by atoms with Crippen LogP contribution in [-0.2, 0) is 0 Å². The number of phenolic OH excluding ortho intramolecular Hbond substituents is 1. The van der Waals surface area contributed by atoms with Crippen LogP contribution in [0.4, 0.5) is 0 Å². The van der Waals surface area contributed by atoms with Crippen LogP contribution >= 0.6 is 0 Å². The fourth-order valence-electron chi connectivity index (χ4n) is 4.10. The van der Waals surface area contributed by atoms with Crippen molar-refractivity contribution in [2.24, 2.45) is 5.10 Å². The van der Waals surface area contributed by atoms with Gasteiger partial charge in [0, 0.05) is 0 Å². The Morgan fingerprint density at radius 2 is 1.62 bits per heavy atom. The lowest BCUT2D eigenvalue weighted by Gasteiger charge is -2.22. The van der Waals surface area contributed by atoms with E-state index in [0.717, 1.165) is 22.0 Å². The number of nitrogens with one attached hydrogen (secondary N) is 1. The number of phenols is 1. The Bertz CT molecular complexity index is 1050. The van der Waals surface area contributed by atoms with Crippen molar-refractivity contribution < 1.29 is 9.90 Å². The van der Waals surface area contributed by atoms with Crippen molar-refractivity contribution >= 4 is 22.4 Å². The van der Waals surface area contributed by atoms with Gasteiger partial charge in [0.15, 0.2) is 0 Å². The van der Waals surface area contributed by atoms with Gasteiger partial charge in [-0.25, -0.2) is 5.43 Å². The number of hydrogen-bond acceptors (Lipinski definition) is 3. The van der Waals surface area contributed by atoms with Gasteiger partial charge in [0.1, 0.15) is 5.75 Å². The first kappa shape index (κ1) is 19.2. The van der Waals surface area contributed by atoms with Gasteiger partial charge < -0.3 is 5.11 Å². The van der Waals surface area contributed by atoms with Crippen LogP contribution in [-0.4, -0.2) is 16.7 Å². The van der Waals surface area contributed by atoms with E-state index in [9.17, 15) is 9.90 Å². The molecule has 148 valence electrons. The summed E-state index contributed by atoms with van der Waals surface area (Å²) in [5, 5.41) is 16.2. The average molecular weight is 386 g/mol. The molecule has 0 atom stereocenters. The number of carbonyl (C=O) groups excluding carboxylic acids is 1. The van der Waals surface area contributed by atoms with Crippen LogP contribution in [0.25, 0.3) is 10.8 Å². The van der Waals surface area contributed by atoms with Crippen LogP contribution in [0.2, 0.25) is 0 Å². The maximum atomic E-state index is 12.5. The standard InChI is InChI=1S/C25H26N2O2/c1-17(18-11-13-20(14-12-18)19-7-3-2-4-8-19)26-27-25(29)23-15-21-9-5-6-10-22(21)16-24(23)28/h5-6,9-16,19,28H,2-4,7-8H2,1H3,(H,27,29). The molecule has 0 aromatic heterocycles. The van der Waals surface area contributed by atoms with E-state index in [0.29, 0.717) is 5.92 Å². The summed E-state index contributed by atoms with van der Waals surface area (Å²) in [6.45, 7) is 1.87. The highest BCUT2D eigenvalue weighted by molar-refractivity contribution is 6.03. The summed E-state index contributed by atoms with van der Waals surface area (Å²) in [5.74, 6) is 0.197. The Morgan fingerprint density at radius 1 is 0.966 bits per heavy atom. The van der Waals surface area contributed by atoms with Crippen LogP contribution in [0, 0.1) is 0 Å². The molecule has 4 nitrogen and oxygen atoms in total. The molecule has 0 radical (unpaired) electrons. The van der Waals surface area contributed by atoms with Crippen molar-refractivity contribution in [1.82, 2.24) is 5.43 Å². The van der Waals surface area contributed by atoms with Gasteiger partial charge in [-0.3, -0.25) is 4.79 Å². The fourth-order valence-corrected chi connectivity index (χ4v) is 4.10. The maximum Gasteiger partial charge on any atom is 0.275 e. The van der Waals surface area contributed by atoms with Gasteiger partial charge in [0.2, 0.25) is 0 Å². The maximum absolute atomic E-state index is 12.5. The number of nitrogens with zero attached hydrogens (tertiary/aromatic N) is 1. The lowest BCUT2D eigenvalue weighted by Crippen LogP contribution is -2.19. The van der Waals surface area contributed by atoms with Crippen LogP contribution in [0.5, 0.6) is 5.75 Å². The van der Waals surface area contributed by atoms with E-state index in [1.54, 1.807) is 12.1 Å². The molecule has 2 N–H and O–H groups in total. The molecule has 0 unspecified atom stereocenters. The van der Waals surface area contributed by atoms with E-state index < -0.39 is 5.91 Å². The normalized spacial score (nSPS) is 15.4. The molecule has 1 aliphatic rings. The van der Waals surface area contributed by atoms with Gasteiger partial charge in [-0.1, -0.05) is 67.8 Å². The molecule has 0 aliphatic heterocycles. The van der Waals surface area contributed by atoms with Crippen LogP contribution in [0.15, 0.2) is 65.8 Å². The first-order chi connectivity index (χ1) is 14.1. The third kappa shape index (κ3) is 4.32. The number of benzene rings is 3. The minimum atomic E-state index is -0.425. The fraction of sp³-hybridized carbons (Fsp3) is 0.280. The number of fused-ring (bicyclic) bond motifs is 1. The first-order valence-corrected chi connectivity index (χ1v) is 10.3. The number of rotatable bonds is 4. The summed E-state index contributed by atoms with van der Waals surface area (Å²) in [6, 6.07) is 19.4. The number of carbonyl (C=O) groups is 1.